The molecule has 0 atom stereocenters. The number of nitrogens with one attached hydrogen (secondary N) is 1. The third kappa shape index (κ3) is 4.34. The summed E-state index contributed by atoms with van der Waals surface area (Å²) in [6.45, 7) is 10.5. The number of rotatable bonds is 6. The topological polar surface area (TPSA) is 66.3 Å². The van der Waals surface area contributed by atoms with Gasteiger partial charge in [0.2, 0.25) is 0 Å². The van der Waals surface area contributed by atoms with E-state index < -0.39 is 0 Å². The van der Waals surface area contributed by atoms with E-state index in [9.17, 15) is 4.79 Å². The number of carbonyl (C=O) groups excluding carboxylic acids is 1. The van der Waals surface area contributed by atoms with E-state index in [1.165, 1.54) is 19.3 Å². The molecule has 4 heterocycles. The first-order valence-electron chi connectivity index (χ1n) is 12.7. The number of aryl methyl sites for hydroxylation is 1. The molecule has 0 spiro atoms. The van der Waals surface area contributed by atoms with Crippen molar-refractivity contribution in [1.82, 2.24) is 29.7 Å². The van der Waals surface area contributed by atoms with Crippen molar-refractivity contribution in [3.8, 4) is 5.82 Å². The van der Waals surface area contributed by atoms with Crippen molar-refractivity contribution in [2.45, 2.75) is 51.5 Å². The predicted octanol–water partition coefficient (Wildman–Crippen LogP) is 3.80. The van der Waals surface area contributed by atoms with E-state index >= 15 is 0 Å². The molecule has 0 unspecified atom stereocenters. The lowest BCUT2D eigenvalue weighted by atomic mass is 9.79. The Labute approximate surface area is 202 Å². The van der Waals surface area contributed by atoms with Crippen LogP contribution in [0.2, 0.25) is 0 Å². The van der Waals surface area contributed by atoms with Gasteiger partial charge in [0.05, 0.1) is 5.56 Å². The molecular weight excluding hydrogens is 424 g/mol. The molecule has 2 fully saturated rings. The molecular formula is C27H36N6O. The maximum absolute atomic E-state index is 13.6. The lowest BCUT2D eigenvalue weighted by Gasteiger charge is -2.50. The summed E-state index contributed by atoms with van der Waals surface area (Å²) in [5.74, 6) is 0.745. The minimum atomic E-state index is -0.0204. The van der Waals surface area contributed by atoms with Gasteiger partial charge in [-0.2, -0.15) is 0 Å². The molecule has 1 amide bonds. The number of amides is 1. The highest BCUT2D eigenvalue weighted by Crippen LogP contribution is 2.34. The summed E-state index contributed by atoms with van der Waals surface area (Å²) < 4.78 is 1.93. The van der Waals surface area contributed by atoms with Gasteiger partial charge in [0.25, 0.3) is 5.91 Å². The number of likely N-dealkylation sites (N-methyl/N-ethyl adjacent to an activating group) is 1. The van der Waals surface area contributed by atoms with Crippen LogP contribution in [0.1, 0.15) is 54.9 Å². The Hall–Kier alpha value is -2.77. The second kappa shape index (κ2) is 9.84. The van der Waals surface area contributed by atoms with Gasteiger partial charge in [-0.25, -0.2) is 9.97 Å². The van der Waals surface area contributed by atoms with E-state index in [0.717, 1.165) is 68.0 Å². The number of pyridine rings is 2. The standard InChI is InChI=1S/C27H36N6O/c1-3-31-15-17-32(18-16-31)27(11-6-4-7-12-27)20-30-26(34)22-19-33(23-9-5-8-13-28-23)25-24(22)21(2)10-14-29-25/h5,8-10,13-14,19H,3-4,6-7,11-12,15-18,20H2,1-2H3,(H,30,34). The van der Waals surface area contributed by atoms with Crippen molar-refractivity contribution >= 4 is 16.9 Å². The van der Waals surface area contributed by atoms with Gasteiger partial charge in [0.1, 0.15) is 11.5 Å². The zero-order valence-electron chi connectivity index (χ0n) is 20.5. The maximum Gasteiger partial charge on any atom is 0.253 e. The van der Waals surface area contributed by atoms with E-state index in [2.05, 4.69) is 32.0 Å². The SMILES string of the molecule is CCN1CCN(C2(CNC(=O)c3cn(-c4ccccn4)c4nccc(C)c34)CCCCC2)CC1. The Bertz CT molecular complexity index is 1130. The van der Waals surface area contributed by atoms with Crippen LogP contribution in [0.15, 0.2) is 42.9 Å². The molecule has 180 valence electrons. The Kier molecular flexibility index (Phi) is 6.66. The maximum atomic E-state index is 13.6. The molecule has 1 aliphatic carbocycles. The number of aromatic nitrogens is 3. The van der Waals surface area contributed by atoms with E-state index in [4.69, 9.17) is 0 Å². The van der Waals surface area contributed by atoms with Crippen molar-refractivity contribution in [2.75, 3.05) is 39.3 Å². The summed E-state index contributed by atoms with van der Waals surface area (Å²) in [6.07, 6.45) is 11.6. The number of hydrogen-bond donors (Lipinski definition) is 1. The first-order valence-corrected chi connectivity index (χ1v) is 12.7. The van der Waals surface area contributed by atoms with Crippen LogP contribution in [0.25, 0.3) is 16.9 Å². The number of nitrogens with zero attached hydrogens (tertiary/aromatic N) is 5. The van der Waals surface area contributed by atoms with Gasteiger partial charge in [-0.05, 0) is 50.1 Å². The molecule has 1 aliphatic heterocycles. The monoisotopic (exact) mass is 460 g/mol. The Morgan fingerprint density at radius 1 is 1.03 bits per heavy atom. The smallest absolute Gasteiger partial charge is 0.253 e. The van der Waals surface area contributed by atoms with Crippen LogP contribution in [-0.4, -0.2) is 75.0 Å². The molecule has 0 radical (unpaired) electrons. The van der Waals surface area contributed by atoms with Gasteiger partial charge in [0.15, 0.2) is 0 Å². The van der Waals surface area contributed by atoms with Crippen LogP contribution in [-0.2, 0) is 0 Å². The third-order valence-electron chi connectivity index (χ3n) is 7.89. The van der Waals surface area contributed by atoms with E-state index in [0.29, 0.717) is 12.1 Å². The number of fused-ring (bicyclic) bond motifs is 1. The molecule has 5 rings (SSSR count). The zero-order valence-corrected chi connectivity index (χ0v) is 20.5. The second-order valence-electron chi connectivity index (χ2n) is 9.82. The molecule has 1 saturated carbocycles. The minimum absolute atomic E-state index is 0.0204. The molecule has 0 bridgehead atoms. The first-order chi connectivity index (χ1) is 16.6. The fourth-order valence-electron chi connectivity index (χ4n) is 5.85. The lowest BCUT2D eigenvalue weighted by Crippen LogP contribution is -2.61. The number of piperazine rings is 1. The van der Waals surface area contributed by atoms with Gasteiger partial charge in [-0.15, -0.1) is 0 Å². The summed E-state index contributed by atoms with van der Waals surface area (Å²) in [5, 5.41) is 4.26. The highest BCUT2D eigenvalue weighted by molar-refractivity contribution is 6.07. The van der Waals surface area contributed by atoms with E-state index in [-0.39, 0.29) is 11.4 Å². The average Bonchev–Trinajstić information content (AvgIpc) is 3.30. The van der Waals surface area contributed by atoms with Gasteiger partial charge < -0.3 is 10.2 Å². The molecule has 3 aromatic heterocycles. The molecule has 3 aromatic rings. The van der Waals surface area contributed by atoms with Gasteiger partial charge in [0, 0.05) is 62.2 Å². The van der Waals surface area contributed by atoms with Crippen molar-refractivity contribution in [3.63, 3.8) is 0 Å². The molecule has 7 nitrogen and oxygen atoms in total. The number of hydrogen-bond acceptors (Lipinski definition) is 5. The van der Waals surface area contributed by atoms with Crippen molar-refractivity contribution in [1.29, 1.82) is 0 Å². The van der Waals surface area contributed by atoms with Gasteiger partial charge >= 0.3 is 0 Å². The second-order valence-corrected chi connectivity index (χ2v) is 9.82. The first kappa shape index (κ1) is 23.0. The van der Waals surface area contributed by atoms with Crippen LogP contribution in [0.3, 0.4) is 0 Å². The highest BCUT2D eigenvalue weighted by atomic mass is 16.1. The van der Waals surface area contributed by atoms with Crippen molar-refractivity contribution in [2.24, 2.45) is 0 Å². The van der Waals surface area contributed by atoms with Crippen LogP contribution < -0.4 is 5.32 Å². The zero-order chi connectivity index (χ0) is 23.5. The van der Waals surface area contributed by atoms with E-state index in [1.54, 1.807) is 12.4 Å². The van der Waals surface area contributed by atoms with Gasteiger partial charge in [-0.1, -0.05) is 32.3 Å². The summed E-state index contributed by atoms with van der Waals surface area (Å²) >= 11 is 0. The summed E-state index contributed by atoms with van der Waals surface area (Å²) in [6, 6.07) is 7.76. The molecule has 2 aliphatic rings. The Morgan fingerprint density at radius 3 is 2.53 bits per heavy atom. The fourth-order valence-corrected chi connectivity index (χ4v) is 5.85. The Balaban J connectivity index is 1.41. The van der Waals surface area contributed by atoms with E-state index in [1.807, 2.05) is 42.0 Å². The van der Waals surface area contributed by atoms with Crippen molar-refractivity contribution < 1.29 is 4.79 Å². The summed E-state index contributed by atoms with van der Waals surface area (Å²) in [7, 11) is 0. The lowest BCUT2D eigenvalue weighted by molar-refractivity contribution is 0.00925. The van der Waals surface area contributed by atoms with Crippen LogP contribution >= 0.6 is 0 Å². The largest absolute Gasteiger partial charge is 0.350 e. The van der Waals surface area contributed by atoms with Crippen molar-refractivity contribution in [3.05, 3.63) is 54.0 Å². The normalized spacial score (nSPS) is 19.4. The molecule has 34 heavy (non-hydrogen) atoms. The predicted molar refractivity (Wildman–Crippen MR) is 135 cm³/mol. The molecule has 1 N–H and O–H groups in total. The highest BCUT2D eigenvalue weighted by Gasteiger charge is 2.39. The van der Waals surface area contributed by atoms with Crippen LogP contribution in [0.4, 0.5) is 0 Å². The summed E-state index contributed by atoms with van der Waals surface area (Å²) in [4.78, 5) is 27.9. The molecule has 0 aromatic carbocycles. The summed E-state index contributed by atoms with van der Waals surface area (Å²) in [5.41, 5.74) is 2.56. The average molecular weight is 461 g/mol. The third-order valence-corrected chi connectivity index (χ3v) is 7.89. The minimum Gasteiger partial charge on any atom is -0.350 e. The number of carbonyl (C=O) groups is 1. The fraction of sp³-hybridized carbons (Fsp3) is 0.519. The quantitative estimate of drug-likeness (QED) is 0.606. The Morgan fingerprint density at radius 2 is 1.82 bits per heavy atom. The molecule has 7 heteroatoms. The van der Waals surface area contributed by atoms with Gasteiger partial charge in [-0.3, -0.25) is 14.3 Å². The molecule has 1 saturated heterocycles. The van der Waals surface area contributed by atoms with Crippen LogP contribution in [0, 0.1) is 6.92 Å². The van der Waals surface area contributed by atoms with Crippen LogP contribution in [0.5, 0.6) is 0 Å².